The van der Waals surface area contributed by atoms with Crippen molar-refractivity contribution in [1.29, 1.82) is 0 Å². The van der Waals surface area contributed by atoms with Crippen molar-refractivity contribution in [3.8, 4) is 0 Å². The maximum absolute atomic E-state index is 13.0. The number of carbonyl (C=O) groups excluding carboxylic acids is 1. The van der Waals surface area contributed by atoms with Crippen molar-refractivity contribution < 1.29 is 9.18 Å². The Morgan fingerprint density at radius 2 is 2.00 bits per heavy atom. The summed E-state index contributed by atoms with van der Waals surface area (Å²) in [5.74, 6) is 1.22. The van der Waals surface area contributed by atoms with Crippen molar-refractivity contribution in [1.82, 2.24) is 25.1 Å². The average Bonchev–Trinajstić information content (AvgIpc) is 3.07. The number of anilines is 1. The Morgan fingerprint density at radius 1 is 1.24 bits per heavy atom. The van der Waals surface area contributed by atoms with Crippen LogP contribution in [0.4, 0.5) is 10.2 Å². The Kier molecular flexibility index (Phi) is 7.03. The average molecular weight is 417 g/mol. The summed E-state index contributed by atoms with van der Waals surface area (Å²) in [6.45, 7) is 7.09. The zero-order valence-corrected chi connectivity index (χ0v) is 17.6. The lowest BCUT2D eigenvalue weighted by Crippen LogP contribution is -2.28. The molecule has 2 N–H and O–H groups in total. The number of hydrogen-bond donors (Lipinski definition) is 2. The van der Waals surface area contributed by atoms with E-state index in [9.17, 15) is 9.18 Å². The third kappa shape index (κ3) is 5.66. The molecule has 0 saturated heterocycles. The van der Waals surface area contributed by atoms with Crippen LogP contribution in [0.2, 0.25) is 0 Å². The Bertz CT molecular complexity index is 973. The predicted molar refractivity (Wildman–Crippen MR) is 114 cm³/mol. The maximum Gasteiger partial charge on any atom is 0.224 e. The molecule has 7 nitrogen and oxygen atoms in total. The van der Waals surface area contributed by atoms with Gasteiger partial charge in [0.15, 0.2) is 10.8 Å². The van der Waals surface area contributed by atoms with Crippen LogP contribution in [0.3, 0.4) is 0 Å². The highest BCUT2D eigenvalue weighted by Gasteiger charge is 2.14. The zero-order chi connectivity index (χ0) is 20.8. The van der Waals surface area contributed by atoms with E-state index in [2.05, 4.69) is 46.5 Å². The lowest BCUT2D eigenvalue weighted by atomic mass is 10.1. The molecule has 0 atom stereocenters. The van der Waals surface area contributed by atoms with Crippen LogP contribution < -0.4 is 10.6 Å². The van der Waals surface area contributed by atoms with E-state index in [1.54, 1.807) is 34.8 Å². The molecular weight excluding hydrogens is 391 g/mol. The SMILES string of the molecule is CCSc1nc(NC(C)C)c2cnn(CCNC(=O)Cc3ccc(F)cc3)c2n1. The molecule has 0 unspecified atom stereocenters. The predicted octanol–water partition coefficient (Wildman–Crippen LogP) is 3.26. The number of carbonyl (C=O) groups is 1. The first kappa shape index (κ1) is 21.0. The van der Waals surface area contributed by atoms with Crippen LogP contribution in [-0.2, 0) is 17.8 Å². The minimum Gasteiger partial charge on any atom is -0.367 e. The number of benzene rings is 1. The molecule has 0 aliphatic carbocycles. The standard InChI is InChI=1S/C20H25FN6OS/c1-4-29-20-25-18(24-13(2)3)16-12-23-27(19(16)26-20)10-9-22-17(28)11-14-5-7-15(21)8-6-14/h5-8,12-13H,4,9-11H2,1-3H3,(H,22,28)(H,24,25,26). The highest BCUT2D eigenvalue weighted by molar-refractivity contribution is 7.99. The third-order valence-corrected chi connectivity index (χ3v) is 4.83. The summed E-state index contributed by atoms with van der Waals surface area (Å²) in [6, 6.07) is 6.17. The van der Waals surface area contributed by atoms with Gasteiger partial charge in [0, 0.05) is 12.6 Å². The summed E-state index contributed by atoms with van der Waals surface area (Å²) in [7, 11) is 0. The van der Waals surface area contributed by atoms with E-state index in [0.29, 0.717) is 18.2 Å². The lowest BCUT2D eigenvalue weighted by molar-refractivity contribution is -0.120. The minimum atomic E-state index is -0.311. The normalized spacial score (nSPS) is 11.2. The second-order valence-electron chi connectivity index (χ2n) is 6.85. The van der Waals surface area contributed by atoms with Gasteiger partial charge in [-0.1, -0.05) is 30.8 Å². The molecule has 0 aliphatic heterocycles. The van der Waals surface area contributed by atoms with Crippen LogP contribution in [-0.4, -0.2) is 44.0 Å². The number of amides is 1. The second kappa shape index (κ2) is 9.69. The van der Waals surface area contributed by atoms with Gasteiger partial charge in [0.2, 0.25) is 5.91 Å². The number of nitrogens with one attached hydrogen (secondary N) is 2. The van der Waals surface area contributed by atoms with Gasteiger partial charge in [-0.25, -0.2) is 19.0 Å². The van der Waals surface area contributed by atoms with Gasteiger partial charge in [-0.15, -0.1) is 0 Å². The molecule has 0 radical (unpaired) electrons. The summed E-state index contributed by atoms with van der Waals surface area (Å²) in [5.41, 5.74) is 1.51. The number of thioether (sulfide) groups is 1. The number of fused-ring (bicyclic) bond motifs is 1. The lowest BCUT2D eigenvalue weighted by Gasteiger charge is -2.11. The molecule has 3 aromatic rings. The van der Waals surface area contributed by atoms with Crippen LogP contribution in [0.15, 0.2) is 35.6 Å². The van der Waals surface area contributed by atoms with E-state index in [1.165, 1.54) is 12.1 Å². The minimum absolute atomic E-state index is 0.118. The fourth-order valence-electron chi connectivity index (χ4n) is 2.83. The molecule has 154 valence electrons. The topological polar surface area (TPSA) is 84.7 Å². The third-order valence-electron chi connectivity index (χ3n) is 4.10. The van der Waals surface area contributed by atoms with Crippen molar-refractivity contribution in [2.45, 2.75) is 44.9 Å². The van der Waals surface area contributed by atoms with Gasteiger partial charge in [0.05, 0.1) is 24.5 Å². The molecule has 1 amide bonds. The smallest absolute Gasteiger partial charge is 0.224 e. The van der Waals surface area contributed by atoms with Crippen molar-refractivity contribution in [2.75, 3.05) is 17.6 Å². The number of halogens is 1. The van der Waals surface area contributed by atoms with Gasteiger partial charge in [-0.05, 0) is 37.3 Å². The maximum atomic E-state index is 13.0. The van der Waals surface area contributed by atoms with Gasteiger partial charge in [-0.2, -0.15) is 5.10 Å². The molecule has 9 heteroatoms. The number of rotatable bonds is 9. The van der Waals surface area contributed by atoms with Gasteiger partial charge >= 0.3 is 0 Å². The Morgan fingerprint density at radius 3 is 2.69 bits per heavy atom. The van der Waals surface area contributed by atoms with E-state index in [-0.39, 0.29) is 24.2 Å². The fourth-order valence-corrected chi connectivity index (χ4v) is 3.39. The van der Waals surface area contributed by atoms with Crippen molar-refractivity contribution in [3.05, 3.63) is 41.8 Å². The molecule has 0 spiro atoms. The van der Waals surface area contributed by atoms with Crippen LogP contribution in [0.1, 0.15) is 26.3 Å². The molecule has 3 rings (SSSR count). The molecule has 0 aliphatic rings. The summed E-state index contributed by atoms with van der Waals surface area (Å²) >= 11 is 1.57. The van der Waals surface area contributed by atoms with E-state index in [1.807, 2.05) is 0 Å². The summed E-state index contributed by atoms with van der Waals surface area (Å²) in [5, 5.41) is 12.2. The fraction of sp³-hybridized carbons (Fsp3) is 0.400. The Labute approximate surface area is 173 Å². The van der Waals surface area contributed by atoms with Crippen molar-refractivity contribution >= 4 is 34.5 Å². The van der Waals surface area contributed by atoms with Crippen molar-refractivity contribution in [2.24, 2.45) is 0 Å². The van der Waals surface area contributed by atoms with E-state index < -0.39 is 0 Å². The molecule has 0 saturated carbocycles. The number of nitrogens with zero attached hydrogens (tertiary/aromatic N) is 4. The molecule has 29 heavy (non-hydrogen) atoms. The van der Waals surface area contributed by atoms with Crippen molar-refractivity contribution in [3.63, 3.8) is 0 Å². The molecule has 2 heterocycles. The summed E-state index contributed by atoms with van der Waals surface area (Å²) in [6.07, 6.45) is 1.96. The molecular formula is C20H25FN6OS. The second-order valence-corrected chi connectivity index (χ2v) is 8.08. The van der Waals surface area contributed by atoms with Gasteiger partial charge in [-0.3, -0.25) is 4.79 Å². The van der Waals surface area contributed by atoms with E-state index >= 15 is 0 Å². The first-order valence-electron chi connectivity index (χ1n) is 9.60. The first-order valence-corrected chi connectivity index (χ1v) is 10.6. The summed E-state index contributed by atoms with van der Waals surface area (Å²) in [4.78, 5) is 21.4. The molecule has 0 bridgehead atoms. The van der Waals surface area contributed by atoms with Crippen LogP contribution >= 0.6 is 11.8 Å². The van der Waals surface area contributed by atoms with Gasteiger partial charge in [0.1, 0.15) is 11.6 Å². The largest absolute Gasteiger partial charge is 0.367 e. The van der Waals surface area contributed by atoms with E-state index in [4.69, 9.17) is 0 Å². The monoisotopic (exact) mass is 416 g/mol. The number of aromatic nitrogens is 4. The van der Waals surface area contributed by atoms with E-state index in [0.717, 1.165) is 28.2 Å². The Hall–Kier alpha value is -2.68. The summed E-state index contributed by atoms with van der Waals surface area (Å²) < 4.78 is 14.7. The van der Waals surface area contributed by atoms with Crippen LogP contribution in [0.5, 0.6) is 0 Å². The first-order chi connectivity index (χ1) is 14.0. The van der Waals surface area contributed by atoms with Crippen LogP contribution in [0, 0.1) is 5.82 Å². The zero-order valence-electron chi connectivity index (χ0n) is 16.8. The highest BCUT2D eigenvalue weighted by Crippen LogP contribution is 2.24. The van der Waals surface area contributed by atoms with Gasteiger partial charge < -0.3 is 10.6 Å². The molecule has 0 fully saturated rings. The Balaban J connectivity index is 1.67. The quantitative estimate of drug-likeness (QED) is 0.411. The highest BCUT2D eigenvalue weighted by atomic mass is 32.2. The molecule has 1 aromatic carbocycles. The van der Waals surface area contributed by atoms with Crippen LogP contribution in [0.25, 0.3) is 11.0 Å². The number of hydrogen-bond acceptors (Lipinski definition) is 6. The molecule has 2 aromatic heterocycles. The van der Waals surface area contributed by atoms with Gasteiger partial charge in [0.25, 0.3) is 0 Å².